The van der Waals surface area contributed by atoms with E-state index in [1.165, 1.54) is 12.1 Å². The van der Waals surface area contributed by atoms with Crippen LogP contribution in [0.2, 0.25) is 0 Å². The highest BCUT2D eigenvalue weighted by atomic mass is 19.1. The van der Waals surface area contributed by atoms with Crippen molar-refractivity contribution in [2.24, 2.45) is 5.84 Å². The van der Waals surface area contributed by atoms with Crippen molar-refractivity contribution in [3.8, 4) is 11.6 Å². The van der Waals surface area contributed by atoms with E-state index in [4.69, 9.17) is 10.6 Å². The van der Waals surface area contributed by atoms with Gasteiger partial charge in [-0.2, -0.15) is 4.98 Å². The molecule has 21 heavy (non-hydrogen) atoms. The molecule has 1 heterocycles. The van der Waals surface area contributed by atoms with Gasteiger partial charge in [0.15, 0.2) is 0 Å². The van der Waals surface area contributed by atoms with Crippen LogP contribution in [-0.2, 0) is 6.42 Å². The van der Waals surface area contributed by atoms with Crippen LogP contribution in [0.1, 0.15) is 30.3 Å². The van der Waals surface area contributed by atoms with Gasteiger partial charge in [-0.1, -0.05) is 13.0 Å². The van der Waals surface area contributed by atoms with E-state index in [2.05, 4.69) is 15.4 Å². The molecule has 6 heteroatoms. The Morgan fingerprint density at radius 3 is 2.71 bits per heavy atom. The van der Waals surface area contributed by atoms with Crippen LogP contribution < -0.4 is 16.0 Å². The second-order valence-electron chi connectivity index (χ2n) is 4.82. The number of hydrazine groups is 1. The Balaban J connectivity index is 2.42. The fourth-order valence-electron chi connectivity index (χ4n) is 1.90. The monoisotopic (exact) mass is 290 g/mol. The van der Waals surface area contributed by atoms with E-state index in [1.807, 2.05) is 13.8 Å². The molecule has 0 radical (unpaired) electrons. The summed E-state index contributed by atoms with van der Waals surface area (Å²) in [5.41, 5.74) is 4.05. The van der Waals surface area contributed by atoms with Crippen LogP contribution in [0.3, 0.4) is 0 Å². The molecule has 5 nitrogen and oxygen atoms in total. The lowest BCUT2D eigenvalue weighted by atomic mass is 10.2. The summed E-state index contributed by atoms with van der Waals surface area (Å²) in [5.74, 6) is 7.09. The third-order valence-corrected chi connectivity index (χ3v) is 3.11. The van der Waals surface area contributed by atoms with Crippen molar-refractivity contribution in [2.45, 2.75) is 33.6 Å². The lowest BCUT2D eigenvalue weighted by molar-refractivity contribution is 0.447. The SMILES string of the molecule is CCCc1nc(NN)c(C)c(Oc2cc(F)ccc2C)n1. The molecule has 112 valence electrons. The topological polar surface area (TPSA) is 73.1 Å². The van der Waals surface area contributed by atoms with Gasteiger partial charge in [0.25, 0.3) is 0 Å². The predicted molar refractivity (Wildman–Crippen MR) is 79.8 cm³/mol. The zero-order valence-electron chi connectivity index (χ0n) is 12.4. The molecular formula is C15H19FN4O. The van der Waals surface area contributed by atoms with Gasteiger partial charge in [0.2, 0.25) is 5.88 Å². The highest BCUT2D eigenvalue weighted by molar-refractivity contribution is 5.49. The Morgan fingerprint density at radius 2 is 2.05 bits per heavy atom. The predicted octanol–water partition coefficient (Wildman–Crippen LogP) is 3.26. The van der Waals surface area contributed by atoms with Gasteiger partial charge in [-0.25, -0.2) is 15.2 Å². The summed E-state index contributed by atoms with van der Waals surface area (Å²) in [7, 11) is 0. The Labute approximate surface area is 123 Å². The minimum atomic E-state index is -0.353. The van der Waals surface area contributed by atoms with E-state index in [9.17, 15) is 4.39 Å². The molecule has 2 aromatic rings. The number of nitrogens with two attached hydrogens (primary N) is 1. The maximum absolute atomic E-state index is 13.4. The van der Waals surface area contributed by atoms with E-state index in [-0.39, 0.29) is 5.82 Å². The lowest BCUT2D eigenvalue weighted by Crippen LogP contribution is -2.13. The highest BCUT2D eigenvalue weighted by Crippen LogP contribution is 2.29. The van der Waals surface area contributed by atoms with Gasteiger partial charge in [-0.05, 0) is 31.9 Å². The molecule has 1 aromatic carbocycles. The fourth-order valence-corrected chi connectivity index (χ4v) is 1.90. The number of aryl methyl sites for hydroxylation is 2. The number of nitrogens with one attached hydrogen (secondary N) is 1. The van der Waals surface area contributed by atoms with E-state index in [0.29, 0.717) is 35.3 Å². The van der Waals surface area contributed by atoms with E-state index in [0.717, 1.165) is 12.0 Å². The first-order chi connectivity index (χ1) is 10.0. The summed E-state index contributed by atoms with van der Waals surface area (Å²) in [6.07, 6.45) is 1.62. The molecule has 0 aliphatic heterocycles. The van der Waals surface area contributed by atoms with Gasteiger partial charge in [0.05, 0.1) is 5.56 Å². The smallest absolute Gasteiger partial charge is 0.227 e. The van der Waals surface area contributed by atoms with Crippen LogP contribution in [0, 0.1) is 19.7 Å². The van der Waals surface area contributed by atoms with Crippen LogP contribution in [0.4, 0.5) is 10.2 Å². The largest absolute Gasteiger partial charge is 0.438 e. The van der Waals surface area contributed by atoms with Crippen LogP contribution >= 0.6 is 0 Å². The van der Waals surface area contributed by atoms with Crippen LogP contribution in [0.5, 0.6) is 11.6 Å². The summed E-state index contributed by atoms with van der Waals surface area (Å²) >= 11 is 0. The summed E-state index contributed by atoms with van der Waals surface area (Å²) < 4.78 is 19.1. The Bertz CT molecular complexity index is 646. The number of hydrogen-bond acceptors (Lipinski definition) is 5. The van der Waals surface area contributed by atoms with Crippen LogP contribution in [0.15, 0.2) is 18.2 Å². The molecular weight excluding hydrogens is 271 g/mol. The Hall–Kier alpha value is -2.21. The minimum Gasteiger partial charge on any atom is -0.438 e. The van der Waals surface area contributed by atoms with Crippen LogP contribution in [-0.4, -0.2) is 9.97 Å². The summed E-state index contributed by atoms with van der Waals surface area (Å²) in [5, 5.41) is 0. The number of halogens is 1. The van der Waals surface area contributed by atoms with Gasteiger partial charge >= 0.3 is 0 Å². The van der Waals surface area contributed by atoms with Gasteiger partial charge in [0, 0.05) is 12.5 Å². The molecule has 0 aliphatic carbocycles. The Kier molecular flexibility index (Phi) is 4.70. The van der Waals surface area contributed by atoms with Crippen molar-refractivity contribution in [1.29, 1.82) is 0 Å². The van der Waals surface area contributed by atoms with Gasteiger partial charge in [-0.3, -0.25) is 0 Å². The van der Waals surface area contributed by atoms with Crippen molar-refractivity contribution in [2.75, 3.05) is 5.43 Å². The molecule has 0 bridgehead atoms. The maximum atomic E-state index is 13.4. The molecule has 1 aromatic heterocycles. The average molecular weight is 290 g/mol. The molecule has 0 spiro atoms. The third-order valence-electron chi connectivity index (χ3n) is 3.11. The average Bonchev–Trinajstić information content (AvgIpc) is 2.46. The van der Waals surface area contributed by atoms with Crippen molar-refractivity contribution >= 4 is 5.82 Å². The molecule has 0 amide bonds. The van der Waals surface area contributed by atoms with Crippen molar-refractivity contribution in [1.82, 2.24) is 9.97 Å². The molecule has 0 saturated heterocycles. The molecule has 0 atom stereocenters. The molecule has 3 N–H and O–H groups in total. The summed E-state index contributed by atoms with van der Waals surface area (Å²) in [6, 6.07) is 4.40. The maximum Gasteiger partial charge on any atom is 0.227 e. The minimum absolute atomic E-state index is 0.353. The summed E-state index contributed by atoms with van der Waals surface area (Å²) in [6.45, 7) is 5.69. The van der Waals surface area contributed by atoms with Crippen LogP contribution in [0.25, 0.3) is 0 Å². The molecule has 0 saturated carbocycles. The number of nitrogens with zero attached hydrogens (tertiary/aromatic N) is 2. The van der Waals surface area contributed by atoms with E-state index in [1.54, 1.807) is 13.0 Å². The zero-order valence-corrected chi connectivity index (χ0v) is 12.4. The Morgan fingerprint density at radius 1 is 1.29 bits per heavy atom. The second kappa shape index (κ2) is 6.49. The number of hydrogen-bond donors (Lipinski definition) is 2. The standard InChI is InChI=1S/C15H19FN4O/c1-4-5-13-18-14(20-17)10(3)15(19-13)21-12-8-11(16)7-6-9(12)2/h6-8H,4-5,17H2,1-3H3,(H,18,19,20). The second-order valence-corrected chi connectivity index (χ2v) is 4.82. The first kappa shape index (κ1) is 15.2. The number of aromatic nitrogens is 2. The van der Waals surface area contributed by atoms with Gasteiger partial charge in [-0.15, -0.1) is 0 Å². The first-order valence-electron chi connectivity index (χ1n) is 6.83. The molecule has 0 aliphatic rings. The highest BCUT2D eigenvalue weighted by Gasteiger charge is 2.13. The van der Waals surface area contributed by atoms with E-state index >= 15 is 0 Å². The number of ether oxygens (including phenoxy) is 1. The fraction of sp³-hybridized carbons (Fsp3) is 0.333. The number of rotatable bonds is 5. The van der Waals surface area contributed by atoms with Gasteiger partial charge < -0.3 is 10.2 Å². The van der Waals surface area contributed by atoms with Crippen molar-refractivity contribution < 1.29 is 9.13 Å². The number of benzene rings is 1. The summed E-state index contributed by atoms with van der Waals surface area (Å²) in [4.78, 5) is 8.71. The lowest BCUT2D eigenvalue weighted by Gasteiger charge is -2.13. The quantitative estimate of drug-likeness (QED) is 0.653. The number of nitrogen functional groups attached to an aromatic ring is 1. The number of anilines is 1. The first-order valence-corrected chi connectivity index (χ1v) is 6.83. The third kappa shape index (κ3) is 3.46. The molecule has 0 unspecified atom stereocenters. The van der Waals surface area contributed by atoms with Gasteiger partial charge in [0.1, 0.15) is 23.2 Å². The van der Waals surface area contributed by atoms with Crippen molar-refractivity contribution in [3.63, 3.8) is 0 Å². The normalized spacial score (nSPS) is 10.5. The molecule has 2 rings (SSSR count). The molecule has 0 fully saturated rings. The van der Waals surface area contributed by atoms with E-state index < -0.39 is 0 Å². The zero-order chi connectivity index (χ0) is 15.4. The van der Waals surface area contributed by atoms with Crippen molar-refractivity contribution in [3.05, 3.63) is 41.0 Å².